The van der Waals surface area contributed by atoms with Gasteiger partial charge in [0.1, 0.15) is 6.04 Å². The van der Waals surface area contributed by atoms with Crippen LogP contribution in [0.15, 0.2) is 18.2 Å². The van der Waals surface area contributed by atoms with E-state index in [2.05, 4.69) is 5.32 Å². The Morgan fingerprint density at radius 3 is 2.83 bits per heavy atom. The van der Waals surface area contributed by atoms with Crippen molar-refractivity contribution in [2.75, 3.05) is 24.2 Å². The molecule has 1 saturated heterocycles. The molecule has 0 radical (unpaired) electrons. The van der Waals surface area contributed by atoms with Crippen LogP contribution in [0.3, 0.4) is 0 Å². The van der Waals surface area contributed by atoms with E-state index in [1.807, 2.05) is 13.8 Å². The van der Waals surface area contributed by atoms with Gasteiger partial charge in [-0.2, -0.15) is 4.31 Å². The fraction of sp³-hybridized carbons (Fsp3) is 0.562. The van der Waals surface area contributed by atoms with E-state index < -0.39 is 16.1 Å². The zero-order chi connectivity index (χ0) is 17.7. The van der Waals surface area contributed by atoms with Gasteiger partial charge in [0.15, 0.2) is 5.75 Å². The molecule has 0 spiro atoms. The zero-order valence-electron chi connectivity index (χ0n) is 13.9. The molecular formula is C16H23ClN2O4S. The average molecular weight is 375 g/mol. The Balaban J connectivity index is 2.19. The minimum absolute atomic E-state index is 0.0537. The lowest BCUT2D eigenvalue weighted by Gasteiger charge is -2.23. The van der Waals surface area contributed by atoms with Crippen molar-refractivity contribution >= 4 is 33.2 Å². The molecule has 1 heterocycles. The number of sulfonamides is 1. The molecule has 1 fully saturated rings. The highest BCUT2D eigenvalue weighted by Gasteiger charge is 2.38. The first-order valence-corrected chi connectivity index (χ1v) is 10.1. The third-order valence-electron chi connectivity index (χ3n) is 3.84. The number of nitrogens with one attached hydrogen (secondary N) is 1. The van der Waals surface area contributed by atoms with Crippen molar-refractivity contribution in [3.63, 3.8) is 0 Å². The summed E-state index contributed by atoms with van der Waals surface area (Å²) in [6.45, 7) is 4.43. The summed E-state index contributed by atoms with van der Waals surface area (Å²) in [6.07, 6.45) is 1.71. The number of hydrogen-bond donors (Lipinski definition) is 1. The van der Waals surface area contributed by atoms with E-state index in [0.29, 0.717) is 48.9 Å². The maximum absolute atomic E-state index is 12.6. The number of benzene rings is 1. The standard InChI is InChI=1S/C16H23ClN2O4S/c1-3-11-24(21,22)19-10-6-9-14(19)16(20)18-13-8-5-7-12(17)15(13)23-4-2/h5,7-8,14H,3-4,6,9-11H2,1-2H3,(H,18,20). The molecule has 1 aliphatic heterocycles. The van der Waals surface area contributed by atoms with Crippen LogP contribution in [0.1, 0.15) is 33.1 Å². The number of anilines is 1. The fourth-order valence-electron chi connectivity index (χ4n) is 2.82. The molecule has 0 aliphatic carbocycles. The van der Waals surface area contributed by atoms with Crippen molar-refractivity contribution in [1.82, 2.24) is 4.31 Å². The van der Waals surface area contributed by atoms with Crippen molar-refractivity contribution in [2.45, 2.75) is 39.2 Å². The second-order valence-corrected chi connectivity index (χ2v) is 8.07. The molecule has 0 aromatic heterocycles. The van der Waals surface area contributed by atoms with E-state index in [4.69, 9.17) is 16.3 Å². The average Bonchev–Trinajstić information content (AvgIpc) is 3.01. The van der Waals surface area contributed by atoms with Gasteiger partial charge in [-0.05, 0) is 38.3 Å². The molecule has 2 rings (SSSR count). The van der Waals surface area contributed by atoms with E-state index in [1.165, 1.54) is 4.31 Å². The summed E-state index contributed by atoms with van der Waals surface area (Å²) >= 11 is 6.11. The first kappa shape index (κ1) is 19.0. The zero-order valence-corrected chi connectivity index (χ0v) is 15.5. The number of ether oxygens (including phenoxy) is 1. The van der Waals surface area contributed by atoms with Crippen molar-refractivity contribution in [1.29, 1.82) is 0 Å². The topological polar surface area (TPSA) is 75.7 Å². The molecule has 8 heteroatoms. The molecule has 1 amide bonds. The minimum atomic E-state index is -3.41. The third-order valence-corrected chi connectivity index (χ3v) is 6.21. The van der Waals surface area contributed by atoms with Crippen molar-refractivity contribution in [2.24, 2.45) is 0 Å². The van der Waals surface area contributed by atoms with Gasteiger partial charge in [0.05, 0.1) is 23.1 Å². The summed E-state index contributed by atoms with van der Waals surface area (Å²) in [6, 6.07) is 4.39. The third kappa shape index (κ3) is 4.20. The number of rotatable bonds is 7. The monoisotopic (exact) mass is 374 g/mol. The van der Waals surface area contributed by atoms with Gasteiger partial charge in [0.25, 0.3) is 0 Å². The SMILES string of the molecule is CCCS(=O)(=O)N1CCCC1C(=O)Nc1cccc(Cl)c1OCC. The fourth-order valence-corrected chi connectivity index (χ4v) is 4.80. The molecule has 1 aromatic rings. The highest BCUT2D eigenvalue weighted by Crippen LogP contribution is 2.33. The van der Waals surface area contributed by atoms with Gasteiger partial charge < -0.3 is 10.1 Å². The lowest BCUT2D eigenvalue weighted by atomic mass is 10.2. The summed E-state index contributed by atoms with van der Waals surface area (Å²) in [5.41, 5.74) is 0.453. The largest absolute Gasteiger partial charge is 0.490 e. The number of carbonyl (C=O) groups excluding carboxylic acids is 1. The van der Waals surface area contributed by atoms with Crippen LogP contribution in [0.25, 0.3) is 0 Å². The van der Waals surface area contributed by atoms with Gasteiger partial charge in [-0.15, -0.1) is 0 Å². The number of halogens is 1. The smallest absolute Gasteiger partial charge is 0.242 e. The predicted molar refractivity (Wildman–Crippen MR) is 95.1 cm³/mol. The summed E-state index contributed by atoms with van der Waals surface area (Å²) in [5.74, 6) is 0.101. The number of amides is 1. The molecule has 1 atom stereocenters. The molecule has 1 aromatic carbocycles. The van der Waals surface area contributed by atoms with E-state index in [0.717, 1.165) is 0 Å². The van der Waals surface area contributed by atoms with Crippen LogP contribution >= 0.6 is 11.6 Å². The Kier molecular flexibility index (Phi) is 6.48. The predicted octanol–water partition coefficient (Wildman–Crippen LogP) is 2.88. The highest BCUT2D eigenvalue weighted by molar-refractivity contribution is 7.89. The van der Waals surface area contributed by atoms with Crippen LogP contribution in [-0.4, -0.2) is 43.6 Å². The quantitative estimate of drug-likeness (QED) is 0.796. The maximum atomic E-state index is 12.6. The second-order valence-electron chi connectivity index (χ2n) is 5.62. The van der Waals surface area contributed by atoms with Crippen LogP contribution in [-0.2, 0) is 14.8 Å². The Morgan fingerprint density at radius 2 is 2.17 bits per heavy atom. The summed E-state index contributed by atoms with van der Waals surface area (Å²) < 4.78 is 31.4. The van der Waals surface area contributed by atoms with Crippen molar-refractivity contribution in [3.05, 3.63) is 23.2 Å². The molecule has 1 unspecified atom stereocenters. The van der Waals surface area contributed by atoms with Gasteiger partial charge in [0.2, 0.25) is 15.9 Å². The van der Waals surface area contributed by atoms with E-state index in [1.54, 1.807) is 18.2 Å². The maximum Gasteiger partial charge on any atom is 0.242 e. The van der Waals surface area contributed by atoms with E-state index in [9.17, 15) is 13.2 Å². The molecule has 0 bridgehead atoms. The second kappa shape index (κ2) is 8.18. The molecular weight excluding hydrogens is 352 g/mol. The van der Waals surface area contributed by atoms with Crippen molar-refractivity contribution < 1.29 is 17.9 Å². The van der Waals surface area contributed by atoms with E-state index in [-0.39, 0.29) is 11.7 Å². The van der Waals surface area contributed by atoms with Crippen molar-refractivity contribution in [3.8, 4) is 5.75 Å². The minimum Gasteiger partial charge on any atom is -0.490 e. The number of hydrogen-bond acceptors (Lipinski definition) is 4. The number of para-hydroxylation sites is 1. The Labute approximate surface area is 148 Å². The summed E-state index contributed by atoms with van der Waals surface area (Å²) in [4.78, 5) is 12.6. The highest BCUT2D eigenvalue weighted by atomic mass is 35.5. The molecule has 6 nitrogen and oxygen atoms in total. The lowest BCUT2D eigenvalue weighted by Crippen LogP contribution is -2.44. The molecule has 24 heavy (non-hydrogen) atoms. The van der Waals surface area contributed by atoms with Gasteiger partial charge in [-0.1, -0.05) is 24.6 Å². The van der Waals surface area contributed by atoms with Crippen LogP contribution in [0, 0.1) is 0 Å². The molecule has 134 valence electrons. The number of nitrogens with zero attached hydrogens (tertiary/aromatic N) is 1. The van der Waals surface area contributed by atoms with Gasteiger partial charge in [-0.3, -0.25) is 4.79 Å². The first-order valence-electron chi connectivity index (χ1n) is 8.12. The molecule has 1 N–H and O–H groups in total. The van der Waals surface area contributed by atoms with Gasteiger partial charge in [0, 0.05) is 6.54 Å². The van der Waals surface area contributed by atoms with Gasteiger partial charge in [-0.25, -0.2) is 8.42 Å². The Hall–Kier alpha value is -1.31. The Bertz CT molecular complexity index is 693. The molecule has 1 aliphatic rings. The Morgan fingerprint density at radius 1 is 1.42 bits per heavy atom. The van der Waals surface area contributed by atoms with E-state index >= 15 is 0 Å². The lowest BCUT2D eigenvalue weighted by molar-refractivity contribution is -0.119. The van der Waals surface area contributed by atoms with Crippen LogP contribution in [0.2, 0.25) is 5.02 Å². The normalized spacial score (nSPS) is 18.5. The molecule has 0 saturated carbocycles. The van der Waals surface area contributed by atoms with Crippen LogP contribution < -0.4 is 10.1 Å². The summed E-state index contributed by atoms with van der Waals surface area (Å²) in [7, 11) is -3.41. The number of carbonyl (C=O) groups is 1. The van der Waals surface area contributed by atoms with Crippen LogP contribution in [0.4, 0.5) is 5.69 Å². The summed E-state index contributed by atoms with van der Waals surface area (Å²) in [5, 5.41) is 3.17. The van der Waals surface area contributed by atoms with Crippen LogP contribution in [0.5, 0.6) is 5.75 Å². The van der Waals surface area contributed by atoms with Gasteiger partial charge >= 0.3 is 0 Å². The first-order chi connectivity index (χ1) is 11.4.